The monoisotopic (exact) mass is 347 g/mol. The van der Waals surface area contributed by atoms with Gasteiger partial charge in [0.05, 0.1) is 11.9 Å². The van der Waals surface area contributed by atoms with Crippen LogP contribution in [0.1, 0.15) is 45.7 Å². The van der Waals surface area contributed by atoms with Gasteiger partial charge in [0, 0.05) is 19.2 Å². The minimum Gasteiger partial charge on any atom is -0.512 e. The van der Waals surface area contributed by atoms with Crippen molar-refractivity contribution >= 4 is 11.7 Å². The van der Waals surface area contributed by atoms with E-state index in [1.54, 1.807) is 14.0 Å². The van der Waals surface area contributed by atoms with Gasteiger partial charge in [-0.1, -0.05) is 30.4 Å². The molecule has 0 aromatic heterocycles. The molecule has 0 fully saturated rings. The van der Waals surface area contributed by atoms with Crippen LogP contribution < -0.4 is 5.32 Å². The SMILES string of the molecule is COC(C)/C=C\C(=C(/C)O)c1cccc(CNC(=O)OC(C)(C)C)c1. The number of carbonyl (C=O) groups is 1. The third kappa shape index (κ3) is 7.90. The van der Waals surface area contributed by atoms with Gasteiger partial charge in [-0.05, 0) is 51.8 Å². The summed E-state index contributed by atoms with van der Waals surface area (Å²) >= 11 is 0. The maximum absolute atomic E-state index is 11.8. The molecule has 5 heteroatoms. The van der Waals surface area contributed by atoms with E-state index in [2.05, 4.69) is 5.32 Å². The van der Waals surface area contributed by atoms with Gasteiger partial charge in [0.25, 0.3) is 0 Å². The molecule has 138 valence electrons. The van der Waals surface area contributed by atoms with Gasteiger partial charge >= 0.3 is 6.09 Å². The van der Waals surface area contributed by atoms with E-state index in [1.165, 1.54) is 0 Å². The maximum atomic E-state index is 11.8. The lowest BCUT2D eigenvalue weighted by Crippen LogP contribution is -2.32. The standard InChI is InChI=1S/C20H29NO4/c1-14(24-6)10-11-18(15(2)22)17-9-7-8-16(12-17)13-21-19(23)25-20(3,4)5/h7-12,14,22H,13H2,1-6H3,(H,21,23)/b11-10-,18-15-. The van der Waals surface area contributed by atoms with Crippen molar-refractivity contribution in [3.8, 4) is 0 Å². The van der Waals surface area contributed by atoms with Crippen LogP contribution in [0.25, 0.3) is 5.57 Å². The number of amides is 1. The number of aliphatic hydroxyl groups excluding tert-OH is 1. The van der Waals surface area contributed by atoms with E-state index < -0.39 is 11.7 Å². The highest BCUT2D eigenvalue weighted by Crippen LogP contribution is 2.21. The van der Waals surface area contributed by atoms with E-state index in [0.717, 1.165) is 11.1 Å². The average Bonchev–Trinajstić information content (AvgIpc) is 2.51. The molecule has 1 unspecified atom stereocenters. The summed E-state index contributed by atoms with van der Waals surface area (Å²) in [6, 6.07) is 7.63. The second-order valence-electron chi connectivity index (χ2n) is 6.85. The highest BCUT2D eigenvalue weighted by atomic mass is 16.6. The highest BCUT2D eigenvalue weighted by Gasteiger charge is 2.15. The van der Waals surface area contributed by atoms with E-state index in [9.17, 15) is 9.90 Å². The Morgan fingerprint density at radius 3 is 2.60 bits per heavy atom. The summed E-state index contributed by atoms with van der Waals surface area (Å²) in [5.74, 6) is 0.219. The zero-order valence-electron chi connectivity index (χ0n) is 15.9. The van der Waals surface area contributed by atoms with Gasteiger partial charge in [-0.15, -0.1) is 0 Å². The number of benzene rings is 1. The molecule has 0 spiro atoms. The first-order valence-corrected chi connectivity index (χ1v) is 8.29. The summed E-state index contributed by atoms with van der Waals surface area (Å²) in [6.07, 6.45) is 3.21. The van der Waals surface area contributed by atoms with Crippen molar-refractivity contribution < 1.29 is 19.4 Å². The molecule has 1 amide bonds. The zero-order valence-corrected chi connectivity index (χ0v) is 15.9. The van der Waals surface area contributed by atoms with Gasteiger partial charge in [0.1, 0.15) is 5.60 Å². The normalized spacial score (nSPS) is 14.2. The van der Waals surface area contributed by atoms with Crippen molar-refractivity contribution in [2.24, 2.45) is 0 Å². The Labute approximate surface area is 150 Å². The van der Waals surface area contributed by atoms with E-state index in [-0.39, 0.29) is 11.9 Å². The van der Waals surface area contributed by atoms with Crippen LogP contribution >= 0.6 is 0 Å². The first-order chi connectivity index (χ1) is 11.6. The molecule has 0 saturated carbocycles. The predicted octanol–water partition coefficient (Wildman–Crippen LogP) is 4.59. The van der Waals surface area contributed by atoms with Crippen LogP contribution in [-0.4, -0.2) is 30.0 Å². The van der Waals surface area contributed by atoms with Gasteiger partial charge in [0.2, 0.25) is 0 Å². The number of ether oxygens (including phenoxy) is 2. The molecule has 1 atom stereocenters. The second-order valence-corrected chi connectivity index (χ2v) is 6.85. The number of nitrogens with one attached hydrogen (secondary N) is 1. The quantitative estimate of drug-likeness (QED) is 0.583. The molecular weight excluding hydrogens is 318 g/mol. The van der Waals surface area contributed by atoms with Crippen LogP contribution in [0.3, 0.4) is 0 Å². The van der Waals surface area contributed by atoms with Crippen LogP contribution in [0.2, 0.25) is 0 Å². The summed E-state index contributed by atoms with van der Waals surface area (Å²) in [7, 11) is 1.63. The van der Waals surface area contributed by atoms with Crippen molar-refractivity contribution in [1.82, 2.24) is 5.32 Å². The molecule has 0 aliphatic rings. The van der Waals surface area contributed by atoms with Crippen LogP contribution in [-0.2, 0) is 16.0 Å². The van der Waals surface area contributed by atoms with E-state index >= 15 is 0 Å². The summed E-state index contributed by atoms with van der Waals surface area (Å²) in [6.45, 7) is 9.37. The minimum atomic E-state index is -0.529. The van der Waals surface area contributed by atoms with Crippen LogP contribution in [0.5, 0.6) is 0 Å². The number of allylic oxidation sites excluding steroid dienone is 3. The molecule has 0 radical (unpaired) electrons. The first-order valence-electron chi connectivity index (χ1n) is 8.29. The first kappa shape index (κ1) is 20.8. The van der Waals surface area contributed by atoms with Crippen molar-refractivity contribution in [2.75, 3.05) is 7.11 Å². The van der Waals surface area contributed by atoms with Crippen molar-refractivity contribution in [3.63, 3.8) is 0 Å². The molecule has 25 heavy (non-hydrogen) atoms. The zero-order chi connectivity index (χ0) is 19.0. The van der Waals surface area contributed by atoms with Gasteiger partial charge in [-0.3, -0.25) is 0 Å². The molecule has 1 aromatic carbocycles. The fourth-order valence-corrected chi connectivity index (χ4v) is 2.07. The fraction of sp³-hybridized carbons (Fsp3) is 0.450. The summed E-state index contributed by atoms with van der Waals surface area (Å²) in [4.78, 5) is 11.8. The van der Waals surface area contributed by atoms with E-state index in [1.807, 2.05) is 64.1 Å². The molecule has 0 aliphatic carbocycles. The summed E-state index contributed by atoms with van der Waals surface area (Å²) in [5.41, 5.74) is 1.96. The lowest BCUT2D eigenvalue weighted by atomic mass is 10.0. The van der Waals surface area contributed by atoms with Crippen molar-refractivity contribution in [2.45, 2.75) is 52.9 Å². The van der Waals surface area contributed by atoms with Crippen LogP contribution in [0.4, 0.5) is 4.79 Å². The molecule has 0 aliphatic heterocycles. The number of alkyl carbamates (subject to hydrolysis) is 1. The Bertz CT molecular complexity index is 637. The molecule has 1 aromatic rings. The average molecular weight is 347 g/mol. The van der Waals surface area contributed by atoms with Gasteiger partial charge < -0.3 is 19.9 Å². The third-order valence-electron chi connectivity index (χ3n) is 3.37. The van der Waals surface area contributed by atoms with Crippen molar-refractivity contribution in [3.05, 3.63) is 53.3 Å². The number of hydrogen-bond donors (Lipinski definition) is 2. The molecule has 0 heterocycles. The van der Waals surface area contributed by atoms with Crippen LogP contribution in [0.15, 0.2) is 42.2 Å². The van der Waals surface area contributed by atoms with Gasteiger partial charge in [-0.2, -0.15) is 0 Å². The minimum absolute atomic E-state index is 0.0497. The smallest absolute Gasteiger partial charge is 0.407 e. The molecule has 0 saturated heterocycles. The lowest BCUT2D eigenvalue weighted by molar-refractivity contribution is 0.0523. The molecule has 0 bridgehead atoms. The van der Waals surface area contributed by atoms with Gasteiger partial charge in [0.15, 0.2) is 0 Å². The van der Waals surface area contributed by atoms with Crippen LogP contribution in [0, 0.1) is 0 Å². The van der Waals surface area contributed by atoms with E-state index in [4.69, 9.17) is 9.47 Å². The summed E-state index contributed by atoms with van der Waals surface area (Å²) < 4.78 is 10.4. The molecule has 2 N–H and O–H groups in total. The Morgan fingerprint density at radius 2 is 2.04 bits per heavy atom. The van der Waals surface area contributed by atoms with Crippen molar-refractivity contribution in [1.29, 1.82) is 0 Å². The topological polar surface area (TPSA) is 67.8 Å². The largest absolute Gasteiger partial charge is 0.512 e. The Morgan fingerprint density at radius 1 is 1.36 bits per heavy atom. The Kier molecular flexibility index (Phi) is 7.71. The third-order valence-corrected chi connectivity index (χ3v) is 3.37. The van der Waals surface area contributed by atoms with E-state index in [0.29, 0.717) is 12.1 Å². The molecule has 1 rings (SSSR count). The fourth-order valence-electron chi connectivity index (χ4n) is 2.07. The maximum Gasteiger partial charge on any atom is 0.407 e. The lowest BCUT2D eigenvalue weighted by Gasteiger charge is -2.19. The number of hydrogen-bond acceptors (Lipinski definition) is 4. The predicted molar refractivity (Wildman–Crippen MR) is 100 cm³/mol. The number of carbonyl (C=O) groups excluding carboxylic acids is 1. The summed E-state index contributed by atoms with van der Waals surface area (Å²) in [5, 5.41) is 12.7. The molecule has 5 nitrogen and oxygen atoms in total. The highest BCUT2D eigenvalue weighted by molar-refractivity contribution is 5.75. The Balaban J connectivity index is 2.87. The molecular formula is C20H29NO4. The Hall–Kier alpha value is -2.27. The van der Waals surface area contributed by atoms with Gasteiger partial charge in [-0.25, -0.2) is 4.79 Å². The number of rotatable bonds is 6. The second kappa shape index (κ2) is 9.28. The number of methoxy groups -OCH3 is 1. The number of aliphatic hydroxyl groups is 1.